The molecular formula is C12H11MoO2P. The summed E-state index contributed by atoms with van der Waals surface area (Å²) in [5.41, 5.74) is 0. The fraction of sp³-hybridized carbons (Fsp3) is 0. The van der Waals surface area contributed by atoms with Crippen molar-refractivity contribution in [1.29, 1.82) is 0 Å². The summed E-state index contributed by atoms with van der Waals surface area (Å²) in [6.45, 7) is 0. The van der Waals surface area contributed by atoms with Gasteiger partial charge in [-0.3, -0.25) is 4.57 Å². The van der Waals surface area contributed by atoms with Crippen LogP contribution in [0.4, 0.5) is 0 Å². The van der Waals surface area contributed by atoms with Crippen LogP contribution in [-0.4, -0.2) is 4.89 Å². The summed E-state index contributed by atoms with van der Waals surface area (Å²) in [5, 5.41) is 0.937. The molecule has 2 aromatic rings. The number of hydrogen-bond acceptors (Lipinski definition) is 1. The summed E-state index contributed by atoms with van der Waals surface area (Å²) in [6.07, 6.45) is 0. The van der Waals surface area contributed by atoms with Gasteiger partial charge in [-0.05, 0) is 24.3 Å². The zero-order chi connectivity index (χ0) is 10.7. The van der Waals surface area contributed by atoms with Crippen molar-refractivity contribution in [3.05, 3.63) is 60.7 Å². The Morgan fingerprint density at radius 2 is 1.06 bits per heavy atom. The summed E-state index contributed by atoms with van der Waals surface area (Å²) in [5.74, 6) is 0. The number of benzene rings is 2. The fourth-order valence-electron chi connectivity index (χ4n) is 1.41. The normalized spacial score (nSPS) is 10.6. The van der Waals surface area contributed by atoms with Crippen molar-refractivity contribution in [2.75, 3.05) is 0 Å². The first-order chi connectivity index (χ1) is 7.21. The molecule has 82 valence electrons. The molecule has 0 saturated heterocycles. The molecule has 0 atom stereocenters. The van der Waals surface area contributed by atoms with Gasteiger partial charge < -0.3 is 4.89 Å². The van der Waals surface area contributed by atoms with Crippen LogP contribution in [0, 0.1) is 0 Å². The van der Waals surface area contributed by atoms with Gasteiger partial charge in [0, 0.05) is 31.7 Å². The Bertz CT molecular complexity index is 441. The van der Waals surface area contributed by atoms with E-state index in [4.69, 9.17) is 0 Å². The van der Waals surface area contributed by atoms with E-state index in [2.05, 4.69) is 0 Å². The van der Waals surface area contributed by atoms with E-state index >= 15 is 0 Å². The predicted octanol–water partition coefficient (Wildman–Crippen LogP) is 1.91. The first-order valence-corrected chi connectivity index (χ1v) is 6.31. The van der Waals surface area contributed by atoms with Gasteiger partial charge in [-0.2, -0.15) is 0 Å². The third-order valence-electron chi connectivity index (χ3n) is 2.21. The largest absolute Gasteiger partial charge is 0.338 e. The zero-order valence-corrected chi connectivity index (χ0v) is 11.4. The molecular weight excluding hydrogens is 303 g/mol. The second-order valence-corrected chi connectivity index (χ2v) is 5.43. The van der Waals surface area contributed by atoms with E-state index in [0.717, 1.165) is 0 Å². The van der Waals surface area contributed by atoms with Crippen molar-refractivity contribution in [2.45, 2.75) is 0 Å². The van der Waals surface area contributed by atoms with E-state index in [-0.39, 0.29) is 21.1 Å². The number of rotatable bonds is 2. The van der Waals surface area contributed by atoms with Gasteiger partial charge in [0.1, 0.15) is 0 Å². The van der Waals surface area contributed by atoms with E-state index in [1.165, 1.54) is 0 Å². The molecule has 0 radical (unpaired) electrons. The summed E-state index contributed by atoms with van der Waals surface area (Å²) < 4.78 is 12.2. The van der Waals surface area contributed by atoms with E-state index in [1.54, 1.807) is 48.5 Å². The Kier molecular flexibility index (Phi) is 4.67. The second-order valence-electron chi connectivity index (χ2n) is 3.25. The molecule has 0 aliphatic rings. The standard InChI is InChI=1S/C12H11O2P.Mo/c13-15(14,11-7-3-1-4-8-11)12-9-5-2-6-10-12;/h1-10H,(H,13,14);. The molecule has 0 aliphatic heterocycles. The number of hydrogen-bond donors (Lipinski definition) is 1. The van der Waals surface area contributed by atoms with Crippen LogP contribution in [0.25, 0.3) is 0 Å². The van der Waals surface area contributed by atoms with Crippen LogP contribution in [0.2, 0.25) is 0 Å². The summed E-state index contributed by atoms with van der Waals surface area (Å²) in [4.78, 5) is 10.0. The van der Waals surface area contributed by atoms with Gasteiger partial charge >= 0.3 is 0 Å². The van der Waals surface area contributed by atoms with Crippen LogP contribution in [0.15, 0.2) is 60.7 Å². The molecule has 0 aliphatic carbocycles. The summed E-state index contributed by atoms with van der Waals surface area (Å²) >= 11 is 0. The van der Waals surface area contributed by atoms with Crippen molar-refractivity contribution < 1.29 is 30.5 Å². The molecule has 2 aromatic carbocycles. The maximum absolute atomic E-state index is 12.2. The SMILES string of the molecule is O=P(O)(c1ccccc1)c1ccccc1.[Mo]. The van der Waals surface area contributed by atoms with Gasteiger partial charge in [0.2, 0.25) is 0 Å². The summed E-state index contributed by atoms with van der Waals surface area (Å²) in [6, 6.07) is 17.4. The average Bonchev–Trinajstić information content (AvgIpc) is 2.31. The van der Waals surface area contributed by atoms with E-state index in [9.17, 15) is 9.46 Å². The molecule has 0 fully saturated rings. The fourth-order valence-corrected chi connectivity index (χ4v) is 2.86. The minimum absolute atomic E-state index is 0. The van der Waals surface area contributed by atoms with Crippen LogP contribution in [0.1, 0.15) is 0 Å². The molecule has 0 aromatic heterocycles. The first kappa shape index (κ1) is 13.4. The first-order valence-electron chi connectivity index (χ1n) is 4.65. The maximum atomic E-state index is 12.2. The minimum Gasteiger partial charge on any atom is -0.338 e. The molecule has 16 heavy (non-hydrogen) atoms. The van der Waals surface area contributed by atoms with Crippen molar-refractivity contribution >= 4 is 18.0 Å². The quantitative estimate of drug-likeness (QED) is 0.679. The van der Waals surface area contributed by atoms with Crippen molar-refractivity contribution in [2.24, 2.45) is 0 Å². The Morgan fingerprint density at radius 1 is 0.750 bits per heavy atom. The van der Waals surface area contributed by atoms with Gasteiger partial charge in [0.15, 0.2) is 0 Å². The molecule has 1 N–H and O–H groups in total. The third kappa shape index (κ3) is 2.71. The van der Waals surface area contributed by atoms with E-state index in [0.29, 0.717) is 10.6 Å². The Balaban J connectivity index is 0.00000128. The smallest absolute Gasteiger partial charge is 0.258 e. The molecule has 2 rings (SSSR count). The third-order valence-corrected chi connectivity index (χ3v) is 4.21. The zero-order valence-electron chi connectivity index (χ0n) is 8.48. The molecule has 0 heterocycles. The van der Waals surface area contributed by atoms with Crippen molar-refractivity contribution in [1.82, 2.24) is 0 Å². The molecule has 0 saturated carbocycles. The second kappa shape index (κ2) is 5.59. The molecule has 2 nitrogen and oxygen atoms in total. The molecule has 0 bridgehead atoms. The van der Waals surface area contributed by atoms with Gasteiger partial charge in [0.25, 0.3) is 7.37 Å². The average molecular weight is 314 g/mol. The molecule has 0 unspecified atom stereocenters. The molecule has 0 amide bonds. The van der Waals surface area contributed by atoms with Crippen LogP contribution < -0.4 is 10.6 Å². The van der Waals surface area contributed by atoms with Crippen LogP contribution in [0.3, 0.4) is 0 Å². The van der Waals surface area contributed by atoms with Crippen LogP contribution >= 0.6 is 7.37 Å². The van der Waals surface area contributed by atoms with Gasteiger partial charge in [-0.15, -0.1) is 0 Å². The van der Waals surface area contributed by atoms with E-state index < -0.39 is 7.37 Å². The molecule has 4 heteroatoms. The van der Waals surface area contributed by atoms with Crippen molar-refractivity contribution in [3.63, 3.8) is 0 Å². The Morgan fingerprint density at radius 3 is 1.38 bits per heavy atom. The van der Waals surface area contributed by atoms with Gasteiger partial charge in [0.05, 0.1) is 0 Å². The van der Waals surface area contributed by atoms with Gasteiger partial charge in [-0.25, -0.2) is 0 Å². The minimum atomic E-state index is -3.40. The summed E-state index contributed by atoms with van der Waals surface area (Å²) in [7, 11) is -3.40. The monoisotopic (exact) mass is 316 g/mol. The van der Waals surface area contributed by atoms with Crippen LogP contribution in [0.5, 0.6) is 0 Å². The van der Waals surface area contributed by atoms with Crippen LogP contribution in [-0.2, 0) is 25.6 Å². The van der Waals surface area contributed by atoms with E-state index in [1.807, 2.05) is 12.1 Å². The molecule has 0 spiro atoms. The Labute approximate surface area is 109 Å². The predicted molar refractivity (Wildman–Crippen MR) is 62.0 cm³/mol. The Hall–Kier alpha value is -0.682. The topological polar surface area (TPSA) is 37.3 Å². The maximum Gasteiger partial charge on any atom is 0.258 e. The van der Waals surface area contributed by atoms with Gasteiger partial charge in [-0.1, -0.05) is 36.4 Å². The van der Waals surface area contributed by atoms with Crippen molar-refractivity contribution in [3.8, 4) is 0 Å².